The van der Waals surface area contributed by atoms with Gasteiger partial charge >= 0.3 is 0 Å². The maximum absolute atomic E-state index is 13.0. The second-order valence-corrected chi connectivity index (χ2v) is 7.89. The highest BCUT2D eigenvalue weighted by Crippen LogP contribution is 2.31. The van der Waals surface area contributed by atoms with E-state index >= 15 is 0 Å². The van der Waals surface area contributed by atoms with Gasteiger partial charge in [0.05, 0.1) is 5.69 Å². The fourth-order valence-electron chi connectivity index (χ4n) is 3.18. The highest BCUT2D eigenvalue weighted by molar-refractivity contribution is 7.17. The third kappa shape index (κ3) is 3.48. The normalized spacial score (nSPS) is 21.1. The molecule has 1 aliphatic rings. The van der Waals surface area contributed by atoms with Crippen LogP contribution in [0.25, 0.3) is 10.6 Å². The summed E-state index contributed by atoms with van der Waals surface area (Å²) >= 11 is 7.39. The second-order valence-electron chi connectivity index (χ2n) is 6.46. The summed E-state index contributed by atoms with van der Waals surface area (Å²) in [4.78, 5) is 20.3. The number of likely N-dealkylation sites (tertiary alicyclic amines) is 1. The lowest BCUT2D eigenvalue weighted by molar-refractivity contribution is 0.0577. The number of thiazole rings is 1. The van der Waals surface area contributed by atoms with Gasteiger partial charge in [0.2, 0.25) is 0 Å². The van der Waals surface area contributed by atoms with Gasteiger partial charge in [0.15, 0.2) is 0 Å². The maximum atomic E-state index is 13.0. The number of hydrogen-bond donors (Lipinski definition) is 1. The molecule has 1 aliphatic heterocycles. The summed E-state index contributed by atoms with van der Waals surface area (Å²) in [5, 5.41) is 1.54. The number of carbonyl (C=O) groups excluding carboxylic acids is 1. The highest BCUT2D eigenvalue weighted by Gasteiger charge is 2.31. The Morgan fingerprint density at radius 3 is 2.79 bits per heavy atom. The van der Waals surface area contributed by atoms with Crippen LogP contribution in [-0.2, 0) is 0 Å². The molecule has 3 rings (SSSR count). The van der Waals surface area contributed by atoms with Crippen molar-refractivity contribution in [3.8, 4) is 10.6 Å². The Bertz CT molecular complexity index is 728. The van der Waals surface area contributed by atoms with Gasteiger partial charge in [-0.2, -0.15) is 0 Å². The average Bonchev–Trinajstić information content (AvgIpc) is 2.96. The van der Waals surface area contributed by atoms with Crippen LogP contribution in [0.4, 0.5) is 0 Å². The molecule has 1 aromatic heterocycles. The van der Waals surface area contributed by atoms with E-state index in [-0.39, 0.29) is 11.9 Å². The van der Waals surface area contributed by atoms with Crippen LogP contribution < -0.4 is 5.73 Å². The van der Waals surface area contributed by atoms with Crippen LogP contribution in [-0.4, -0.2) is 34.9 Å². The Kier molecular flexibility index (Phi) is 5.23. The molecular formula is C18H22ClN3OS. The van der Waals surface area contributed by atoms with Crippen LogP contribution in [0.2, 0.25) is 5.02 Å². The van der Waals surface area contributed by atoms with Gasteiger partial charge in [-0.3, -0.25) is 4.79 Å². The van der Waals surface area contributed by atoms with Crippen molar-refractivity contribution in [3.63, 3.8) is 0 Å². The number of nitrogens with zero attached hydrogens (tertiary/aromatic N) is 2. The number of hydrogen-bond acceptors (Lipinski definition) is 4. The Labute approximate surface area is 151 Å². The Morgan fingerprint density at radius 2 is 2.12 bits per heavy atom. The molecule has 1 fully saturated rings. The lowest BCUT2D eigenvalue weighted by Gasteiger charge is -2.37. The molecule has 1 aromatic carbocycles. The number of amides is 1. The third-order valence-corrected chi connectivity index (χ3v) is 6.04. The first-order valence-electron chi connectivity index (χ1n) is 8.24. The minimum Gasteiger partial charge on any atom is -0.334 e. The lowest BCUT2D eigenvalue weighted by atomic mass is 9.92. The van der Waals surface area contributed by atoms with Gasteiger partial charge in [0.25, 0.3) is 5.91 Å². The number of aryl methyl sites for hydroxylation is 1. The molecule has 2 atom stereocenters. The minimum absolute atomic E-state index is 0.0626. The fourth-order valence-corrected chi connectivity index (χ4v) is 4.34. The topological polar surface area (TPSA) is 59.2 Å². The van der Waals surface area contributed by atoms with Crippen LogP contribution >= 0.6 is 22.9 Å². The van der Waals surface area contributed by atoms with E-state index in [1.165, 1.54) is 11.3 Å². The molecule has 1 amide bonds. The molecule has 2 N–H and O–H groups in total. The molecule has 128 valence electrons. The summed E-state index contributed by atoms with van der Waals surface area (Å²) in [6, 6.07) is 7.67. The van der Waals surface area contributed by atoms with Gasteiger partial charge in [-0.25, -0.2) is 4.98 Å². The van der Waals surface area contributed by atoms with Crippen molar-refractivity contribution in [3.05, 3.63) is 39.9 Å². The third-order valence-electron chi connectivity index (χ3n) is 4.59. The van der Waals surface area contributed by atoms with Crippen molar-refractivity contribution >= 4 is 28.8 Å². The first kappa shape index (κ1) is 17.4. The largest absolute Gasteiger partial charge is 0.334 e. The molecule has 6 heteroatoms. The molecule has 2 heterocycles. The molecule has 0 radical (unpaired) electrons. The fraction of sp³-hybridized carbons (Fsp3) is 0.444. The van der Waals surface area contributed by atoms with Crippen LogP contribution in [0.15, 0.2) is 24.3 Å². The van der Waals surface area contributed by atoms with Gasteiger partial charge in [-0.1, -0.05) is 30.7 Å². The predicted molar refractivity (Wildman–Crippen MR) is 99.6 cm³/mol. The highest BCUT2D eigenvalue weighted by atomic mass is 35.5. The van der Waals surface area contributed by atoms with Crippen molar-refractivity contribution in [2.75, 3.05) is 13.1 Å². The number of piperidine rings is 1. The van der Waals surface area contributed by atoms with Gasteiger partial charge in [-0.05, 0) is 37.8 Å². The molecule has 0 aliphatic carbocycles. The van der Waals surface area contributed by atoms with Gasteiger partial charge in [-0.15, -0.1) is 11.3 Å². The first-order valence-corrected chi connectivity index (χ1v) is 9.43. The summed E-state index contributed by atoms with van der Waals surface area (Å²) < 4.78 is 0. The van der Waals surface area contributed by atoms with Crippen LogP contribution in [0, 0.1) is 12.8 Å². The van der Waals surface area contributed by atoms with Crippen molar-refractivity contribution < 1.29 is 4.79 Å². The lowest BCUT2D eigenvalue weighted by Crippen LogP contribution is -2.49. The number of halogens is 1. The molecular weight excluding hydrogens is 342 g/mol. The van der Waals surface area contributed by atoms with E-state index in [4.69, 9.17) is 17.3 Å². The molecule has 0 saturated carbocycles. The van der Waals surface area contributed by atoms with Gasteiger partial charge in [0.1, 0.15) is 9.88 Å². The Morgan fingerprint density at radius 1 is 1.42 bits per heavy atom. The van der Waals surface area contributed by atoms with Crippen LogP contribution in [0.3, 0.4) is 0 Å². The van der Waals surface area contributed by atoms with E-state index in [0.717, 1.165) is 35.7 Å². The van der Waals surface area contributed by atoms with Crippen LogP contribution in [0.5, 0.6) is 0 Å². The zero-order chi connectivity index (χ0) is 17.3. The smallest absolute Gasteiger partial charge is 0.266 e. The molecule has 4 nitrogen and oxygen atoms in total. The summed E-state index contributed by atoms with van der Waals surface area (Å²) in [7, 11) is 0. The summed E-state index contributed by atoms with van der Waals surface area (Å²) in [5.74, 6) is 0.683. The SMILES string of the molecule is Cc1nc(-c2ccc(Cl)cc2)sc1C(=O)N1CCC(C)CC1CN. The van der Waals surface area contributed by atoms with E-state index in [1.54, 1.807) is 0 Å². The molecule has 0 bridgehead atoms. The molecule has 1 saturated heterocycles. The number of nitrogens with two attached hydrogens (primary N) is 1. The summed E-state index contributed by atoms with van der Waals surface area (Å²) in [6.07, 6.45) is 2.01. The predicted octanol–water partition coefficient (Wildman–Crippen LogP) is 3.97. The van der Waals surface area contributed by atoms with E-state index in [9.17, 15) is 4.79 Å². The first-order chi connectivity index (χ1) is 11.5. The van der Waals surface area contributed by atoms with Gasteiger partial charge < -0.3 is 10.6 Å². The minimum atomic E-state index is 0.0626. The second kappa shape index (κ2) is 7.21. The van der Waals surface area contributed by atoms with E-state index in [0.29, 0.717) is 22.4 Å². The monoisotopic (exact) mass is 363 g/mol. The molecule has 0 spiro atoms. The van der Waals surface area contributed by atoms with E-state index in [2.05, 4.69) is 11.9 Å². The summed E-state index contributed by atoms with van der Waals surface area (Å²) in [6.45, 7) is 5.40. The molecule has 2 aromatic rings. The van der Waals surface area contributed by atoms with Crippen molar-refractivity contribution in [1.82, 2.24) is 9.88 Å². The zero-order valence-electron chi connectivity index (χ0n) is 14.0. The standard InChI is InChI=1S/C18H22ClN3OS/c1-11-7-8-22(15(9-11)10-20)18(23)16-12(2)21-17(24-16)13-3-5-14(19)6-4-13/h3-6,11,15H,7-10,20H2,1-2H3. The molecule has 24 heavy (non-hydrogen) atoms. The van der Waals surface area contributed by atoms with Gasteiger partial charge in [0, 0.05) is 29.7 Å². The number of rotatable bonds is 3. The van der Waals surface area contributed by atoms with Crippen molar-refractivity contribution in [2.45, 2.75) is 32.7 Å². The Balaban J connectivity index is 1.86. The average molecular weight is 364 g/mol. The van der Waals surface area contributed by atoms with E-state index < -0.39 is 0 Å². The number of benzene rings is 1. The van der Waals surface area contributed by atoms with E-state index in [1.807, 2.05) is 36.1 Å². The van der Waals surface area contributed by atoms with Crippen LogP contribution in [0.1, 0.15) is 35.1 Å². The zero-order valence-corrected chi connectivity index (χ0v) is 15.5. The molecule has 2 unspecified atom stereocenters. The number of aromatic nitrogens is 1. The number of carbonyl (C=O) groups is 1. The Hall–Kier alpha value is -1.43. The van der Waals surface area contributed by atoms with Crippen molar-refractivity contribution in [2.24, 2.45) is 11.7 Å². The summed E-state index contributed by atoms with van der Waals surface area (Å²) in [5.41, 5.74) is 7.66. The van der Waals surface area contributed by atoms with Crippen molar-refractivity contribution in [1.29, 1.82) is 0 Å². The quantitative estimate of drug-likeness (QED) is 0.897. The maximum Gasteiger partial charge on any atom is 0.266 e.